The van der Waals surface area contributed by atoms with E-state index in [0.29, 0.717) is 0 Å². The van der Waals surface area contributed by atoms with Crippen molar-refractivity contribution in [1.82, 2.24) is 0 Å². The first-order valence-corrected chi connectivity index (χ1v) is 8.73. The van der Waals surface area contributed by atoms with Crippen LogP contribution >= 0.6 is 0 Å². The molecule has 0 spiro atoms. The van der Waals surface area contributed by atoms with Crippen LogP contribution in [0.5, 0.6) is 0 Å². The maximum absolute atomic E-state index is 10.1. The van der Waals surface area contributed by atoms with Crippen molar-refractivity contribution in [2.75, 3.05) is 0 Å². The van der Waals surface area contributed by atoms with Crippen molar-refractivity contribution in [3.05, 3.63) is 15.0 Å². The molecule has 0 unspecified atom stereocenters. The molecule has 0 bridgehead atoms. The van der Waals surface area contributed by atoms with Crippen molar-refractivity contribution in [2.24, 2.45) is 0 Å². The van der Waals surface area contributed by atoms with E-state index in [0.717, 1.165) is 0 Å². The molecule has 11 heteroatoms. The third-order valence-electron chi connectivity index (χ3n) is 0.376. The van der Waals surface area contributed by atoms with Crippen molar-refractivity contribution in [3.63, 3.8) is 0 Å². The van der Waals surface area contributed by atoms with Crippen molar-refractivity contribution in [3.8, 4) is 0 Å². The van der Waals surface area contributed by atoms with Crippen molar-refractivity contribution >= 4 is 0 Å². The summed E-state index contributed by atoms with van der Waals surface area (Å²) in [6, 6.07) is 0. The van der Waals surface area contributed by atoms with Gasteiger partial charge in [-0.05, 0) is 0 Å². The molecule has 0 aliphatic rings. The number of rotatable bonds is 4. The number of hydrogen-bond acceptors (Lipinski definition) is 7. The Morgan fingerprint density at radius 1 is 1.27 bits per heavy atom. The van der Waals surface area contributed by atoms with Gasteiger partial charge in [0.1, 0.15) is 0 Å². The molecule has 0 aliphatic heterocycles. The molecule has 0 aromatic heterocycles. The van der Waals surface area contributed by atoms with Gasteiger partial charge in [-0.2, -0.15) is 0 Å². The Labute approximate surface area is 65.1 Å². The fraction of sp³-hybridized carbons (Fsp3) is 0. The zero-order valence-electron chi connectivity index (χ0n) is 4.70. The van der Waals surface area contributed by atoms with Gasteiger partial charge < -0.3 is 0 Å². The first-order chi connectivity index (χ1) is 4.83. The van der Waals surface area contributed by atoms with Crippen molar-refractivity contribution in [2.45, 2.75) is 0 Å². The molecule has 0 saturated heterocycles. The van der Waals surface area contributed by atoms with Gasteiger partial charge in [0.05, 0.1) is 0 Å². The van der Waals surface area contributed by atoms with Crippen LogP contribution in [0, 0.1) is 40.4 Å². The zero-order valence-corrected chi connectivity index (χ0v) is 8.86. The van der Waals surface area contributed by atoms with Gasteiger partial charge in [0, 0.05) is 0 Å². The van der Waals surface area contributed by atoms with E-state index in [2.05, 4.69) is 4.68 Å². The molecule has 64 valence electrons. The molecular formula is HN2O8U-. The Balaban J connectivity index is 4.25. The fourth-order valence-corrected chi connectivity index (χ4v) is 1.90. The normalized spacial score (nSPS) is 10.2. The first kappa shape index (κ1) is 10.1. The van der Waals surface area contributed by atoms with Crippen LogP contribution in [0.3, 0.4) is 0 Å². The summed E-state index contributed by atoms with van der Waals surface area (Å²) in [5, 5.41) is 13.9. The van der Waals surface area contributed by atoms with E-state index in [9.17, 15) is 19.5 Å². The maximum atomic E-state index is 10.1. The second kappa shape index (κ2) is 3.45. The summed E-state index contributed by atoms with van der Waals surface area (Å²) in [5.41, 5.74) is 0. The monoisotopic (exact) mass is 395 g/mol. The summed E-state index contributed by atoms with van der Waals surface area (Å²) in [6.07, 6.45) is 0. The Bertz CT molecular complexity index is 238. The van der Waals surface area contributed by atoms with Crippen LogP contribution in [0.2, 0.25) is 0 Å². The van der Waals surface area contributed by atoms with E-state index < -0.39 is 35.6 Å². The van der Waals surface area contributed by atoms with Crippen LogP contribution in [-0.4, -0.2) is 15.4 Å². The minimum atomic E-state index is -6.56. The van der Waals surface area contributed by atoms with Gasteiger partial charge in [0.25, 0.3) is 0 Å². The number of hydrogen-bond donors (Lipinski definition) is 1. The average molecular weight is 395 g/mol. The topological polar surface area (TPSA) is 136 Å². The van der Waals surface area contributed by atoms with Gasteiger partial charge >= 0.3 is 65.0 Å². The zero-order chi connectivity index (χ0) is 9.07. The average Bonchev–Trinajstić information content (AvgIpc) is 1.53. The molecule has 10 nitrogen and oxygen atoms in total. The van der Waals surface area contributed by atoms with E-state index in [1.165, 1.54) is 0 Å². The van der Waals surface area contributed by atoms with Crippen LogP contribution in [0.25, 0.3) is 0 Å². The molecule has 0 aromatic rings. The van der Waals surface area contributed by atoms with Gasteiger partial charge in [-0.15, -0.1) is 0 Å². The molecule has 11 heavy (non-hydrogen) atoms. The molecule has 0 aromatic carbocycles. The Morgan fingerprint density at radius 2 is 1.73 bits per heavy atom. The quantitative estimate of drug-likeness (QED) is 0.472. The third-order valence-corrected chi connectivity index (χ3v) is 3.51. The van der Waals surface area contributed by atoms with E-state index in [4.69, 9.17) is 5.21 Å². The Hall–Kier alpha value is -0.948. The standard InChI is InChI=1S/HNO3.NO3.2O.U/c2*2-1(3)4;;;/h(H,2,3,4);;;;/q;-1;;;. The molecule has 0 aliphatic carbocycles. The van der Waals surface area contributed by atoms with Crippen molar-refractivity contribution < 1.29 is 50.0 Å². The predicted octanol–water partition coefficient (Wildman–Crippen LogP) is -1.03. The summed E-state index contributed by atoms with van der Waals surface area (Å²) >= 11 is -6.56. The van der Waals surface area contributed by atoms with E-state index in [1.807, 2.05) is 0 Å². The van der Waals surface area contributed by atoms with Gasteiger partial charge in [0.15, 0.2) is 0 Å². The van der Waals surface area contributed by atoms with Gasteiger partial charge in [0.2, 0.25) is 0 Å². The fourth-order valence-electron chi connectivity index (χ4n) is 0.204. The molecular weight excluding hydrogens is 394 g/mol. The molecule has 0 fully saturated rings. The third kappa shape index (κ3) is 5.49. The minimum absolute atomic E-state index is 1.44. The van der Waals surface area contributed by atoms with Crippen LogP contribution in [0.4, 0.5) is 0 Å². The molecule has 0 rings (SSSR count). The van der Waals surface area contributed by atoms with Gasteiger partial charge in [-0.25, -0.2) is 0 Å². The molecule has 0 radical (unpaired) electrons. The second-order valence-corrected chi connectivity index (χ2v) is 6.83. The molecule has 0 heterocycles. The summed E-state index contributed by atoms with van der Waals surface area (Å²) in [7, 11) is 0. The molecule has 1 N–H and O–H groups in total. The number of nitrogens with zero attached hydrogens (tertiary/aromatic N) is 2. The van der Waals surface area contributed by atoms with E-state index in [-0.39, 0.29) is 0 Å². The SMILES string of the molecule is O=[N+]([O-])[O][U-2](=[O])(=[O])[O][N+](=O)O. The molecule has 0 atom stereocenters. The summed E-state index contributed by atoms with van der Waals surface area (Å²) in [5.74, 6) is 0. The van der Waals surface area contributed by atoms with E-state index >= 15 is 0 Å². The van der Waals surface area contributed by atoms with Crippen LogP contribution in [0.1, 0.15) is 0 Å². The predicted molar refractivity (Wildman–Crippen MR) is 16.0 cm³/mol. The van der Waals surface area contributed by atoms with E-state index in [1.54, 1.807) is 0 Å². The van der Waals surface area contributed by atoms with Crippen LogP contribution < -0.4 is 0 Å². The first-order valence-electron chi connectivity index (χ1n) is 1.93. The molecule has 0 saturated carbocycles. The summed E-state index contributed by atoms with van der Waals surface area (Å²) in [6.45, 7) is 0. The van der Waals surface area contributed by atoms with Crippen LogP contribution in [0.15, 0.2) is 0 Å². The second-order valence-electron chi connectivity index (χ2n) is 1.14. The molecule has 0 amide bonds. The van der Waals surface area contributed by atoms with Crippen molar-refractivity contribution in [1.29, 1.82) is 0 Å². The van der Waals surface area contributed by atoms with Gasteiger partial charge in [-0.1, -0.05) is 0 Å². The summed E-state index contributed by atoms with van der Waals surface area (Å²) < 4.78 is 26.2. The Kier molecular flexibility index (Phi) is 3.15. The van der Waals surface area contributed by atoms with Crippen LogP contribution in [-0.2, 0) is 9.16 Å². The Morgan fingerprint density at radius 3 is 2.00 bits per heavy atom. The van der Waals surface area contributed by atoms with Gasteiger partial charge in [-0.3, -0.25) is 0 Å². The summed E-state index contributed by atoms with van der Waals surface area (Å²) in [4.78, 5) is 18.8.